The first-order chi connectivity index (χ1) is 9.04. The Labute approximate surface area is 113 Å². The number of fused-ring (bicyclic) bond motifs is 1. The minimum absolute atomic E-state index is 0.0161. The van der Waals surface area contributed by atoms with Gasteiger partial charge in [-0.05, 0) is 18.6 Å². The van der Waals surface area contributed by atoms with Crippen LogP contribution in [0.4, 0.5) is 0 Å². The molecule has 0 saturated heterocycles. The Morgan fingerprint density at radius 1 is 1.42 bits per heavy atom. The molecule has 0 aliphatic carbocycles. The highest BCUT2D eigenvalue weighted by Crippen LogP contribution is 2.21. The molecule has 1 amide bonds. The van der Waals surface area contributed by atoms with Gasteiger partial charge in [-0.1, -0.05) is 18.2 Å². The summed E-state index contributed by atoms with van der Waals surface area (Å²) in [6, 6.07) is 7.91. The zero-order valence-electron chi connectivity index (χ0n) is 11.6. The number of carbonyl (C=O) groups is 1. The van der Waals surface area contributed by atoms with Crippen LogP contribution in [-0.4, -0.2) is 40.2 Å². The number of aliphatic hydroxyl groups excluding tert-OH is 1. The van der Waals surface area contributed by atoms with Crippen LogP contribution in [0, 0.1) is 0 Å². The number of carbonyl (C=O) groups excluding carboxylic acids is 1. The summed E-state index contributed by atoms with van der Waals surface area (Å²) in [5, 5.41) is 10.2. The molecule has 1 unspecified atom stereocenters. The third-order valence-electron chi connectivity index (χ3n) is 3.64. The fourth-order valence-corrected chi connectivity index (χ4v) is 2.22. The zero-order chi connectivity index (χ0) is 14.0. The molecule has 0 spiro atoms. The summed E-state index contributed by atoms with van der Waals surface area (Å²) < 4.78 is 2.04. The lowest BCUT2D eigenvalue weighted by molar-refractivity contribution is -0.131. The molecule has 0 fully saturated rings. The van der Waals surface area contributed by atoms with Gasteiger partial charge in [-0.15, -0.1) is 0 Å². The van der Waals surface area contributed by atoms with Crippen LogP contribution in [0.5, 0.6) is 0 Å². The summed E-state index contributed by atoms with van der Waals surface area (Å²) in [6.45, 7) is 1.82. The molecule has 4 heteroatoms. The van der Waals surface area contributed by atoms with Gasteiger partial charge in [0.25, 0.3) is 0 Å². The van der Waals surface area contributed by atoms with Gasteiger partial charge in [0.15, 0.2) is 0 Å². The van der Waals surface area contributed by atoms with Gasteiger partial charge >= 0.3 is 0 Å². The second-order valence-corrected chi connectivity index (χ2v) is 5.00. The highest BCUT2D eigenvalue weighted by atomic mass is 16.3. The Balaban J connectivity index is 2.24. The smallest absolute Gasteiger partial charge is 0.227 e. The van der Waals surface area contributed by atoms with Crippen LogP contribution in [0.2, 0.25) is 0 Å². The monoisotopic (exact) mass is 260 g/mol. The number of para-hydroxylation sites is 1. The summed E-state index contributed by atoms with van der Waals surface area (Å²) in [6.07, 6.45) is 2.36. The van der Waals surface area contributed by atoms with Crippen molar-refractivity contribution in [3.8, 4) is 0 Å². The molecule has 1 aromatic heterocycles. The van der Waals surface area contributed by atoms with Crippen LogP contribution in [0.3, 0.4) is 0 Å². The van der Waals surface area contributed by atoms with Gasteiger partial charge in [0, 0.05) is 31.2 Å². The predicted molar refractivity (Wildman–Crippen MR) is 75.9 cm³/mol. The number of amides is 1. The van der Waals surface area contributed by atoms with Gasteiger partial charge in [0.2, 0.25) is 5.91 Å². The molecular weight excluding hydrogens is 240 g/mol. The highest BCUT2D eigenvalue weighted by Gasteiger charge is 2.17. The second-order valence-electron chi connectivity index (χ2n) is 5.00. The van der Waals surface area contributed by atoms with Gasteiger partial charge in [-0.3, -0.25) is 4.79 Å². The van der Waals surface area contributed by atoms with Gasteiger partial charge < -0.3 is 14.6 Å². The molecule has 2 rings (SSSR count). The van der Waals surface area contributed by atoms with Crippen LogP contribution in [0.25, 0.3) is 10.9 Å². The Kier molecular flexibility index (Phi) is 3.90. The molecule has 1 heterocycles. The van der Waals surface area contributed by atoms with E-state index in [0.717, 1.165) is 16.5 Å². The van der Waals surface area contributed by atoms with Crippen molar-refractivity contribution >= 4 is 16.8 Å². The van der Waals surface area contributed by atoms with Crippen molar-refractivity contribution in [1.82, 2.24) is 9.47 Å². The molecule has 0 saturated carbocycles. The van der Waals surface area contributed by atoms with Crippen LogP contribution in [-0.2, 0) is 18.3 Å². The van der Waals surface area contributed by atoms with Crippen molar-refractivity contribution in [2.75, 3.05) is 13.7 Å². The molecule has 0 bridgehead atoms. The fraction of sp³-hybridized carbons (Fsp3) is 0.400. The maximum atomic E-state index is 12.2. The first kappa shape index (κ1) is 13.6. The van der Waals surface area contributed by atoms with E-state index in [-0.39, 0.29) is 18.6 Å². The van der Waals surface area contributed by atoms with E-state index >= 15 is 0 Å². The number of nitrogens with zero attached hydrogens (tertiary/aromatic N) is 2. The minimum atomic E-state index is -0.150. The quantitative estimate of drug-likeness (QED) is 0.906. The molecule has 19 heavy (non-hydrogen) atoms. The third-order valence-corrected chi connectivity index (χ3v) is 3.64. The van der Waals surface area contributed by atoms with Crippen LogP contribution < -0.4 is 0 Å². The average Bonchev–Trinajstić information content (AvgIpc) is 2.74. The molecule has 4 nitrogen and oxygen atoms in total. The normalized spacial score (nSPS) is 12.6. The van der Waals surface area contributed by atoms with E-state index in [0.29, 0.717) is 6.42 Å². The fourth-order valence-electron chi connectivity index (χ4n) is 2.22. The van der Waals surface area contributed by atoms with E-state index in [4.69, 9.17) is 5.11 Å². The predicted octanol–water partition coefficient (Wildman–Crippen LogP) is 1.56. The number of benzene rings is 1. The van der Waals surface area contributed by atoms with Crippen LogP contribution >= 0.6 is 0 Å². The van der Waals surface area contributed by atoms with Gasteiger partial charge in [0.05, 0.1) is 19.1 Å². The number of hydrogen-bond acceptors (Lipinski definition) is 2. The molecule has 1 N–H and O–H groups in total. The molecule has 1 atom stereocenters. The average molecular weight is 260 g/mol. The lowest BCUT2D eigenvalue weighted by atomic mass is 10.1. The SMILES string of the molecule is CC(CO)N(C)C(=O)Cc1cn(C)c2ccccc12. The van der Waals surface area contributed by atoms with E-state index in [9.17, 15) is 4.79 Å². The van der Waals surface area contributed by atoms with Crippen molar-refractivity contribution in [3.63, 3.8) is 0 Å². The molecule has 2 aromatic rings. The molecule has 0 radical (unpaired) electrons. The summed E-state index contributed by atoms with van der Waals surface area (Å²) in [4.78, 5) is 13.8. The number of aryl methyl sites for hydroxylation is 1. The number of likely N-dealkylation sites (N-methyl/N-ethyl adjacent to an activating group) is 1. The van der Waals surface area contributed by atoms with Crippen molar-refractivity contribution < 1.29 is 9.90 Å². The first-order valence-corrected chi connectivity index (χ1v) is 6.44. The Morgan fingerprint density at radius 2 is 2.11 bits per heavy atom. The van der Waals surface area contributed by atoms with E-state index in [1.807, 2.05) is 49.0 Å². The molecular formula is C15H20N2O2. The Hall–Kier alpha value is -1.81. The molecule has 0 aliphatic rings. The minimum Gasteiger partial charge on any atom is -0.394 e. The number of hydrogen-bond donors (Lipinski definition) is 1. The maximum absolute atomic E-state index is 12.2. The number of aliphatic hydroxyl groups is 1. The lowest BCUT2D eigenvalue weighted by Gasteiger charge is -2.23. The van der Waals surface area contributed by atoms with Crippen molar-refractivity contribution in [2.45, 2.75) is 19.4 Å². The second kappa shape index (κ2) is 5.45. The van der Waals surface area contributed by atoms with Crippen LogP contribution in [0.1, 0.15) is 12.5 Å². The molecule has 0 aliphatic heterocycles. The first-order valence-electron chi connectivity index (χ1n) is 6.44. The molecule has 102 valence electrons. The topological polar surface area (TPSA) is 45.5 Å². The van der Waals surface area contributed by atoms with E-state index < -0.39 is 0 Å². The van der Waals surface area contributed by atoms with Gasteiger partial charge in [0.1, 0.15) is 0 Å². The summed E-state index contributed by atoms with van der Waals surface area (Å²) >= 11 is 0. The summed E-state index contributed by atoms with van der Waals surface area (Å²) in [7, 11) is 3.71. The third kappa shape index (κ3) is 2.63. The van der Waals surface area contributed by atoms with E-state index in [2.05, 4.69) is 0 Å². The molecule has 1 aromatic carbocycles. The van der Waals surface area contributed by atoms with Crippen molar-refractivity contribution in [3.05, 3.63) is 36.0 Å². The Morgan fingerprint density at radius 3 is 2.79 bits per heavy atom. The largest absolute Gasteiger partial charge is 0.394 e. The number of rotatable bonds is 4. The van der Waals surface area contributed by atoms with Crippen molar-refractivity contribution in [2.24, 2.45) is 7.05 Å². The van der Waals surface area contributed by atoms with Gasteiger partial charge in [-0.25, -0.2) is 0 Å². The maximum Gasteiger partial charge on any atom is 0.227 e. The van der Waals surface area contributed by atoms with Gasteiger partial charge in [-0.2, -0.15) is 0 Å². The van der Waals surface area contributed by atoms with E-state index in [1.165, 1.54) is 0 Å². The summed E-state index contributed by atoms with van der Waals surface area (Å²) in [5.74, 6) is 0.0258. The van der Waals surface area contributed by atoms with Crippen LogP contribution in [0.15, 0.2) is 30.5 Å². The Bertz CT molecular complexity index is 589. The van der Waals surface area contributed by atoms with Crippen molar-refractivity contribution in [1.29, 1.82) is 0 Å². The lowest BCUT2D eigenvalue weighted by Crippen LogP contribution is -2.38. The number of aromatic nitrogens is 1. The zero-order valence-corrected chi connectivity index (χ0v) is 11.6. The van der Waals surface area contributed by atoms with E-state index in [1.54, 1.807) is 11.9 Å². The standard InChI is InChI=1S/C15H20N2O2/c1-11(10-18)17(3)15(19)8-12-9-16(2)14-7-5-4-6-13(12)14/h4-7,9,11,18H,8,10H2,1-3H3. The summed E-state index contributed by atoms with van der Waals surface area (Å²) in [5.41, 5.74) is 2.16. The highest BCUT2D eigenvalue weighted by molar-refractivity contribution is 5.89.